The third-order valence-electron chi connectivity index (χ3n) is 2.67. The van der Waals surface area contributed by atoms with Crippen LogP contribution in [0.5, 0.6) is 0 Å². The fraction of sp³-hybridized carbons (Fsp3) is 1.00. The highest BCUT2D eigenvalue weighted by atomic mass is 35.5. The van der Waals surface area contributed by atoms with Gasteiger partial charge in [-0.15, -0.1) is 12.4 Å². The highest BCUT2D eigenvalue weighted by Crippen LogP contribution is 2.38. The largest absolute Gasteiger partial charge is 0.328 e. The first kappa shape index (κ1) is 9.34. The van der Waals surface area contributed by atoms with E-state index in [9.17, 15) is 0 Å². The number of hydrogen-bond acceptors (Lipinski definition) is 1. The molecule has 0 radical (unpaired) electrons. The van der Waals surface area contributed by atoms with Crippen molar-refractivity contribution in [2.75, 3.05) is 0 Å². The van der Waals surface area contributed by atoms with Crippen LogP contribution < -0.4 is 5.73 Å². The molecule has 2 N–H and O–H groups in total. The molecule has 66 valence electrons. The van der Waals surface area contributed by atoms with Gasteiger partial charge >= 0.3 is 0 Å². The lowest BCUT2D eigenvalue weighted by molar-refractivity contribution is 0.505. The molecule has 2 fully saturated rings. The zero-order valence-corrected chi connectivity index (χ0v) is 7.78. The van der Waals surface area contributed by atoms with E-state index in [1.54, 1.807) is 0 Å². The quantitative estimate of drug-likeness (QED) is 0.698. The maximum atomic E-state index is 5.96. The smallest absolute Gasteiger partial charge is 0.00441 e. The van der Waals surface area contributed by atoms with E-state index in [-0.39, 0.29) is 12.4 Å². The van der Waals surface area contributed by atoms with Crippen molar-refractivity contribution >= 4 is 12.4 Å². The first-order chi connectivity index (χ1) is 4.84. The lowest BCUT2D eigenvalue weighted by atomic mass is 10.1. The molecule has 1 nitrogen and oxygen atoms in total. The molecule has 2 aliphatic rings. The SMILES string of the molecule is Cl.NC(CC1CC1)CC1CC1. The zero-order chi connectivity index (χ0) is 6.97. The standard InChI is InChI=1S/C9H17N.ClH/c10-9(5-7-1-2-7)6-8-3-4-8;/h7-9H,1-6,10H2;1H. The van der Waals surface area contributed by atoms with Crippen LogP contribution in [0.2, 0.25) is 0 Å². The van der Waals surface area contributed by atoms with E-state index in [1.165, 1.54) is 38.5 Å². The van der Waals surface area contributed by atoms with E-state index in [2.05, 4.69) is 0 Å². The van der Waals surface area contributed by atoms with Crippen molar-refractivity contribution in [1.82, 2.24) is 0 Å². The van der Waals surface area contributed by atoms with Crippen LogP contribution in [0, 0.1) is 11.8 Å². The average Bonchev–Trinajstić information content (AvgIpc) is 2.59. The van der Waals surface area contributed by atoms with Gasteiger partial charge in [-0.2, -0.15) is 0 Å². The zero-order valence-electron chi connectivity index (χ0n) is 6.96. The molecule has 0 bridgehead atoms. The van der Waals surface area contributed by atoms with E-state index in [0.717, 1.165) is 11.8 Å². The Morgan fingerprint density at radius 2 is 1.36 bits per heavy atom. The third kappa shape index (κ3) is 3.44. The van der Waals surface area contributed by atoms with Crippen molar-refractivity contribution in [1.29, 1.82) is 0 Å². The molecule has 0 unspecified atom stereocenters. The van der Waals surface area contributed by atoms with Crippen LogP contribution in [0.15, 0.2) is 0 Å². The minimum absolute atomic E-state index is 0. The van der Waals surface area contributed by atoms with Gasteiger partial charge in [-0.25, -0.2) is 0 Å². The highest BCUT2D eigenvalue weighted by Gasteiger charge is 2.28. The molecular formula is C9H18ClN. The van der Waals surface area contributed by atoms with Gasteiger partial charge in [0.25, 0.3) is 0 Å². The van der Waals surface area contributed by atoms with Gasteiger partial charge in [0.05, 0.1) is 0 Å². The molecule has 2 aliphatic carbocycles. The molecule has 0 amide bonds. The van der Waals surface area contributed by atoms with Crippen molar-refractivity contribution in [2.24, 2.45) is 17.6 Å². The molecule has 0 aromatic carbocycles. The molecule has 0 spiro atoms. The maximum Gasteiger partial charge on any atom is 0.00441 e. The summed E-state index contributed by atoms with van der Waals surface area (Å²) in [5.74, 6) is 2.04. The maximum absolute atomic E-state index is 5.96. The summed E-state index contributed by atoms with van der Waals surface area (Å²) in [7, 11) is 0. The molecule has 0 aromatic rings. The van der Waals surface area contributed by atoms with Crippen LogP contribution in [0.25, 0.3) is 0 Å². The minimum Gasteiger partial charge on any atom is -0.328 e. The third-order valence-corrected chi connectivity index (χ3v) is 2.67. The second kappa shape index (κ2) is 3.77. The van der Waals surface area contributed by atoms with Gasteiger partial charge in [-0.05, 0) is 24.7 Å². The van der Waals surface area contributed by atoms with Crippen molar-refractivity contribution in [3.63, 3.8) is 0 Å². The molecule has 0 saturated heterocycles. The summed E-state index contributed by atoms with van der Waals surface area (Å²) in [5, 5.41) is 0. The Morgan fingerprint density at radius 3 is 1.64 bits per heavy atom. The predicted octanol–water partition coefficient (Wildman–Crippen LogP) is 2.34. The van der Waals surface area contributed by atoms with Gasteiger partial charge in [0, 0.05) is 6.04 Å². The summed E-state index contributed by atoms with van der Waals surface area (Å²) in [6, 6.07) is 0.542. The Labute approximate surface area is 75.1 Å². The summed E-state index contributed by atoms with van der Waals surface area (Å²) < 4.78 is 0. The first-order valence-electron chi connectivity index (χ1n) is 4.60. The van der Waals surface area contributed by atoms with Crippen molar-refractivity contribution in [3.8, 4) is 0 Å². The Morgan fingerprint density at radius 1 is 1.00 bits per heavy atom. The normalized spacial score (nSPS) is 23.5. The van der Waals surface area contributed by atoms with Gasteiger partial charge in [-0.3, -0.25) is 0 Å². The predicted molar refractivity (Wildman–Crippen MR) is 49.9 cm³/mol. The Kier molecular flexibility index (Phi) is 3.20. The summed E-state index contributed by atoms with van der Waals surface area (Å²) in [6.45, 7) is 0. The Bertz CT molecular complexity index is 105. The molecule has 0 heterocycles. The Balaban J connectivity index is 0.000000605. The summed E-state index contributed by atoms with van der Waals surface area (Å²) >= 11 is 0. The van der Waals surface area contributed by atoms with Crippen LogP contribution in [-0.4, -0.2) is 6.04 Å². The van der Waals surface area contributed by atoms with Crippen molar-refractivity contribution < 1.29 is 0 Å². The lowest BCUT2D eigenvalue weighted by Crippen LogP contribution is -2.20. The van der Waals surface area contributed by atoms with Crippen LogP contribution in [0.3, 0.4) is 0 Å². The van der Waals surface area contributed by atoms with E-state index >= 15 is 0 Å². The number of rotatable bonds is 4. The van der Waals surface area contributed by atoms with Gasteiger partial charge in [0.1, 0.15) is 0 Å². The summed E-state index contributed by atoms with van der Waals surface area (Å²) in [6.07, 6.45) is 8.46. The molecular weight excluding hydrogens is 158 g/mol. The molecule has 2 rings (SSSR count). The molecule has 0 aromatic heterocycles. The monoisotopic (exact) mass is 175 g/mol. The van der Waals surface area contributed by atoms with E-state index < -0.39 is 0 Å². The summed E-state index contributed by atoms with van der Waals surface area (Å²) in [5.41, 5.74) is 5.96. The van der Waals surface area contributed by atoms with Gasteiger partial charge < -0.3 is 5.73 Å². The summed E-state index contributed by atoms with van der Waals surface area (Å²) in [4.78, 5) is 0. The second-order valence-corrected chi connectivity index (χ2v) is 4.12. The van der Waals surface area contributed by atoms with Crippen LogP contribution >= 0.6 is 12.4 Å². The minimum atomic E-state index is 0. The lowest BCUT2D eigenvalue weighted by Gasteiger charge is -2.08. The number of halogens is 1. The molecule has 0 atom stereocenters. The first-order valence-corrected chi connectivity index (χ1v) is 4.60. The van der Waals surface area contributed by atoms with Crippen molar-refractivity contribution in [2.45, 2.75) is 44.6 Å². The van der Waals surface area contributed by atoms with Crippen molar-refractivity contribution in [3.05, 3.63) is 0 Å². The molecule has 2 saturated carbocycles. The van der Waals surface area contributed by atoms with E-state index in [4.69, 9.17) is 5.73 Å². The topological polar surface area (TPSA) is 26.0 Å². The van der Waals surface area contributed by atoms with E-state index in [0.29, 0.717) is 6.04 Å². The van der Waals surface area contributed by atoms with E-state index in [1.807, 2.05) is 0 Å². The second-order valence-electron chi connectivity index (χ2n) is 4.12. The average molecular weight is 176 g/mol. The Hall–Kier alpha value is 0.250. The van der Waals surface area contributed by atoms with Crippen LogP contribution in [0.4, 0.5) is 0 Å². The van der Waals surface area contributed by atoms with Gasteiger partial charge in [0.15, 0.2) is 0 Å². The number of nitrogens with two attached hydrogens (primary N) is 1. The fourth-order valence-corrected chi connectivity index (χ4v) is 1.66. The number of hydrogen-bond donors (Lipinski definition) is 1. The van der Waals surface area contributed by atoms with Crippen LogP contribution in [0.1, 0.15) is 38.5 Å². The highest BCUT2D eigenvalue weighted by molar-refractivity contribution is 5.85. The molecule has 0 aliphatic heterocycles. The fourth-order valence-electron chi connectivity index (χ4n) is 1.66. The molecule has 2 heteroatoms. The van der Waals surface area contributed by atoms with Gasteiger partial charge in [0.2, 0.25) is 0 Å². The molecule has 11 heavy (non-hydrogen) atoms. The van der Waals surface area contributed by atoms with Crippen LogP contribution in [-0.2, 0) is 0 Å². The van der Waals surface area contributed by atoms with Gasteiger partial charge in [-0.1, -0.05) is 25.7 Å².